The van der Waals surface area contributed by atoms with E-state index in [-0.39, 0.29) is 5.56 Å². The monoisotopic (exact) mass is 342 g/mol. The summed E-state index contributed by atoms with van der Waals surface area (Å²) in [6, 6.07) is 10.6. The molecule has 0 amide bonds. The first-order valence-corrected chi connectivity index (χ1v) is 8.36. The number of aromatic nitrogens is 1. The van der Waals surface area contributed by atoms with E-state index in [9.17, 15) is 15.0 Å². The molecular weight excluding hydrogens is 320 g/mol. The van der Waals surface area contributed by atoms with E-state index in [4.69, 9.17) is 4.74 Å². The van der Waals surface area contributed by atoms with Gasteiger partial charge in [0.2, 0.25) is 0 Å². The van der Waals surface area contributed by atoms with Crippen molar-refractivity contribution in [2.75, 3.05) is 19.8 Å². The molecule has 1 saturated heterocycles. The number of carbonyl (C=O) groups is 1. The van der Waals surface area contributed by atoms with Gasteiger partial charge in [-0.25, -0.2) is 4.79 Å². The van der Waals surface area contributed by atoms with Crippen molar-refractivity contribution in [2.45, 2.75) is 25.0 Å². The third-order valence-electron chi connectivity index (χ3n) is 4.48. The molecule has 1 aromatic heterocycles. The van der Waals surface area contributed by atoms with E-state index >= 15 is 0 Å². The fraction of sp³-hybridized carbons (Fsp3) is 0.368. The summed E-state index contributed by atoms with van der Waals surface area (Å²) in [5.74, 6) is -0.953. The van der Waals surface area contributed by atoms with Crippen molar-refractivity contribution in [3.63, 3.8) is 0 Å². The van der Waals surface area contributed by atoms with Crippen molar-refractivity contribution >= 4 is 5.97 Å². The van der Waals surface area contributed by atoms with Crippen LogP contribution in [0.3, 0.4) is 0 Å². The first kappa shape index (κ1) is 17.5. The molecule has 0 spiro atoms. The maximum absolute atomic E-state index is 11.3. The van der Waals surface area contributed by atoms with Gasteiger partial charge in [-0.05, 0) is 17.7 Å². The molecule has 6 heteroatoms. The predicted molar refractivity (Wildman–Crippen MR) is 93.3 cm³/mol. The molecule has 3 N–H and O–H groups in total. The maximum atomic E-state index is 11.3. The Morgan fingerprint density at radius 3 is 2.64 bits per heavy atom. The van der Waals surface area contributed by atoms with Crippen LogP contribution in [0.15, 0.2) is 42.6 Å². The van der Waals surface area contributed by atoms with Gasteiger partial charge >= 0.3 is 5.97 Å². The van der Waals surface area contributed by atoms with Crippen LogP contribution >= 0.6 is 0 Å². The molecule has 1 aliphatic heterocycles. The predicted octanol–water partition coefficient (Wildman–Crippen LogP) is 2.08. The van der Waals surface area contributed by atoms with Crippen LogP contribution in [0.5, 0.6) is 0 Å². The standard InChI is InChI=1S/C19H22N2O4/c22-18(23)17-4-2-1-3-16(17)14-5-6-15(21-11-14)12-20-13-19(24)7-9-25-10-8-19/h1-6,11,20,24H,7-10,12-13H2,(H,22,23). The average molecular weight is 342 g/mol. The van der Waals surface area contributed by atoms with Gasteiger partial charge in [-0.15, -0.1) is 0 Å². The summed E-state index contributed by atoms with van der Waals surface area (Å²) in [6.07, 6.45) is 2.96. The Bertz CT molecular complexity index is 724. The lowest BCUT2D eigenvalue weighted by atomic mass is 9.94. The van der Waals surface area contributed by atoms with E-state index in [1.54, 1.807) is 24.4 Å². The molecule has 25 heavy (non-hydrogen) atoms. The molecule has 1 aliphatic rings. The number of carboxylic acid groups (broad SMARTS) is 1. The third-order valence-corrected chi connectivity index (χ3v) is 4.48. The number of nitrogens with one attached hydrogen (secondary N) is 1. The highest BCUT2D eigenvalue weighted by atomic mass is 16.5. The molecule has 2 aromatic rings. The number of hydrogen-bond acceptors (Lipinski definition) is 5. The summed E-state index contributed by atoms with van der Waals surface area (Å²) in [7, 11) is 0. The number of hydrogen-bond donors (Lipinski definition) is 3. The van der Waals surface area contributed by atoms with Gasteiger partial charge in [0, 0.05) is 50.9 Å². The zero-order chi connectivity index (χ0) is 17.7. The summed E-state index contributed by atoms with van der Waals surface area (Å²) in [5, 5.41) is 22.9. The van der Waals surface area contributed by atoms with Gasteiger partial charge in [0.15, 0.2) is 0 Å². The van der Waals surface area contributed by atoms with E-state index in [0.717, 1.165) is 11.3 Å². The minimum Gasteiger partial charge on any atom is -0.478 e. The summed E-state index contributed by atoms with van der Waals surface area (Å²) in [6.45, 7) is 2.23. The van der Waals surface area contributed by atoms with E-state index in [2.05, 4.69) is 10.3 Å². The first-order chi connectivity index (χ1) is 12.1. The van der Waals surface area contributed by atoms with Crippen LogP contribution < -0.4 is 5.32 Å². The lowest BCUT2D eigenvalue weighted by Gasteiger charge is -2.32. The molecule has 0 saturated carbocycles. The van der Waals surface area contributed by atoms with Crippen molar-refractivity contribution in [3.8, 4) is 11.1 Å². The highest BCUT2D eigenvalue weighted by molar-refractivity contribution is 5.95. The Balaban J connectivity index is 1.62. The Kier molecular flexibility index (Phi) is 5.43. The molecule has 0 aliphatic carbocycles. The second kappa shape index (κ2) is 7.74. The van der Waals surface area contributed by atoms with Crippen molar-refractivity contribution in [3.05, 3.63) is 53.9 Å². The van der Waals surface area contributed by atoms with Crippen molar-refractivity contribution in [2.24, 2.45) is 0 Å². The van der Waals surface area contributed by atoms with E-state index < -0.39 is 11.6 Å². The van der Waals surface area contributed by atoms with E-state index in [1.165, 1.54) is 0 Å². The Labute approximate surface area is 146 Å². The fourth-order valence-electron chi connectivity index (χ4n) is 2.96. The van der Waals surface area contributed by atoms with Crippen molar-refractivity contribution in [1.82, 2.24) is 10.3 Å². The summed E-state index contributed by atoms with van der Waals surface area (Å²) in [4.78, 5) is 15.7. The smallest absolute Gasteiger partial charge is 0.336 e. The number of ether oxygens (including phenoxy) is 1. The second-order valence-electron chi connectivity index (χ2n) is 6.33. The van der Waals surface area contributed by atoms with Crippen LogP contribution in [0.2, 0.25) is 0 Å². The Hall–Kier alpha value is -2.28. The van der Waals surface area contributed by atoms with Gasteiger partial charge in [0.25, 0.3) is 0 Å². The van der Waals surface area contributed by atoms with Gasteiger partial charge in [-0.3, -0.25) is 4.98 Å². The maximum Gasteiger partial charge on any atom is 0.336 e. The highest BCUT2D eigenvalue weighted by Gasteiger charge is 2.29. The number of pyridine rings is 1. The molecule has 0 bridgehead atoms. The minimum absolute atomic E-state index is 0.261. The molecular formula is C19H22N2O4. The Morgan fingerprint density at radius 2 is 1.96 bits per heavy atom. The van der Waals surface area contributed by atoms with Gasteiger partial charge in [-0.2, -0.15) is 0 Å². The minimum atomic E-state index is -0.953. The van der Waals surface area contributed by atoms with Gasteiger partial charge < -0.3 is 20.3 Å². The van der Waals surface area contributed by atoms with E-state index in [1.807, 2.05) is 18.2 Å². The molecule has 132 valence electrons. The summed E-state index contributed by atoms with van der Waals surface area (Å²) < 4.78 is 5.27. The molecule has 1 fully saturated rings. The molecule has 6 nitrogen and oxygen atoms in total. The summed E-state index contributed by atoms with van der Waals surface area (Å²) in [5.41, 5.74) is 1.81. The third kappa shape index (κ3) is 4.42. The largest absolute Gasteiger partial charge is 0.478 e. The Morgan fingerprint density at radius 1 is 1.20 bits per heavy atom. The SMILES string of the molecule is O=C(O)c1ccccc1-c1ccc(CNCC2(O)CCOCC2)nc1. The van der Waals surface area contributed by atoms with Crippen LogP contribution in [-0.2, 0) is 11.3 Å². The second-order valence-corrected chi connectivity index (χ2v) is 6.33. The number of aliphatic hydroxyl groups is 1. The van der Waals surface area contributed by atoms with Crippen molar-refractivity contribution < 1.29 is 19.7 Å². The van der Waals surface area contributed by atoms with Gasteiger partial charge in [-0.1, -0.05) is 24.3 Å². The first-order valence-electron chi connectivity index (χ1n) is 8.36. The number of benzene rings is 1. The normalized spacial score (nSPS) is 16.5. The van der Waals surface area contributed by atoms with E-state index in [0.29, 0.717) is 44.7 Å². The molecule has 0 unspecified atom stereocenters. The molecule has 0 radical (unpaired) electrons. The number of carboxylic acids is 1. The summed E-state index contributed by atoms with van der Waals surface area (Å²) >= 11 is 0. The number of nitrogens with zero attached hydrogens (tertiary/aromatic N) is 1. The lowest BCUT2D eigenvalue weighted by Crippen LogP contribution is -2.44. The number of aromatic carboxylic acids is 1. The molecule has 1 aromatic carbocycles. The van der Waals surface area contributed by atoms with Crippen LogP contribution in [0.4, 0.5) is 0 Å². The van der Waals surface area contributed by atoms with Crippen LogP contribution in [-0.4, -0.2) is 46.5 Å². The molecule has 3 rings (SSSR count). The number of rotatable bonds is 6. The van der Waals surface area contributed by atoms with Crippen LogP contribution in [0.25, 0.3) is 11.1 Å². The van der Waals surface area contributed by atoms with Crippen LogP contribution in [0.1, 0.15) is 28.9 Å². The van der Waals surface area contributed by atoms with Gasteiger partial charge in [0.05, 0.1) is 16.9 Å². The highest BCUT2D eigenvalue weighted by Crippen LogP contribution is 2.23. The average Bonchev–Trinajstić information content (AvgIpc) is 2.63. The zero-order valence-electron chi connectivity index (χ0n) is 13.9. The van der Waals surface area contributed by atoms with Crippen LogP contribution in [0, 0.1) is 0 Å². The molecule has 0 atom stereocenters. The topological polar surface area (TPSA) is 91.7 Å². The molecule has 2 heterocycles. The van der Waals surface area contributed by atoms with Gasteiger partial charge in [0.1, 0.15) is 0 Å². The fourth-order valence-corrected chi connectivity index (χ4v) is 2.96. The lowest BCUT2D eigenvalue weighted by molar-refractivity contribution is -0.0617. The van der Waals surface area contributed by atoms with Crippen molar-refractivity contribution in [1.29, 1.82) is 0 Å². The zero-order valence-corrected chi connectivity index (χ0v) is 13.9. The quantitative estimate of drug-likeness (QED) is 0.744.